The molecule has 1 N–H and O–H groups in total. The standard InChI is InChI=1S/C15H9BrN2O2S/c1-2-7-18-14(19)12-11(8-21-13(12)17-15(18)20)9-3-5-10(16)6-4-9/h1,3-6,8H,7H2,(H,17,20). The van der Waals surface area contributed by atoms with Crippen LogP contribution in [0.25, 0.3) is 21.3 Å². The summed E-state index contributed by atoms with van der Waals surface area (Å²) in [6.45, 7) is -0.0419. The van der Waals surface area contributed by atoms with Gasteiger partial charge in [0.05, 0.1) is 11.9 Å². The van der Waals surface area contributed by atoms with Crippen LogP contribution in [0.5, 0.6) is 0 Å². The third-order valence-corrected chi connectivity index (χ3v) is 4.54. The molecule has 2 heterocycles. The second-order valence-electron chi connectivity index (χ2n) is 4.39. The SMILES string of the molecule is C#CCn1c(=O)[nH]c2scc(-c3ccc(Br)cc3)c2c1=O. The molecule has 0 aliphatic carbocycles. The van der Waals surface area contributed by atoms with Gasteiger partial charge in [-0.05, 0) is 17.7 Å². The van der Waals surface area contributed by atoms with E-state index in [1.807, 2.05) is 29.6 Å². The first-order chi connectivity index (χ1) is 10.1. The fourth-order valence-electron chi connectivity index (χ4n) is 2.13. The van der Waals surface area contributed by atoms with Gasteiger partial charge in [-0.3, -0.25) is 9.78 Å². The quantitative estimate of drug-likeness (QED) is 0.714. The van der Waals surface area contributed by atoms with Crippen LogP contribution in [-0.2, 0) is 6.54 Å². The third kappa shape index (κ3) is 2.35. The van der Waals surface area contributed by atoms with Crippen LogP contribution in [0.15, 0.2) is 43.7 Å². The van der Waals surface area contributed by atoms with Crippen LogP contribution in [0.3, 0.4) is 0 Å². The molecule has 1 aromatic carbocycles. The van der Waals surface area contributed by atoms with E-state index < -0.39 is 5.69 Å². The number of thiophene rings is 1. The Morgan fingerprint density at radius 3 is 2.67 bits per heavy atom. The molecule has 2 aromatic heterocycles. The normalized spacial score (nSPS) is 10.7. The Labute approximate surface area is 132 Å². The van der Waals surface area contributed by atoms with Gasteiger partial charge >= 0.3 is 5.69 Å². The molecule has 0 unspecified atom stereocenters. The van der Waals surface area contributed by atoms with Gasteiger partial charge in [0, 0.05) is 15.4 Å². The van der Waals surface area contributed by atoms with Crippen LogP contribution in [0.4, 0.5) is 0 Å². The van der Waals surface area contributed by atoms with E-state index in [0.717, 1.165) is 20.2 Å². The lowest BCUT2D eigenvalue weighted by atomic mass is 10.1. The summed E-state index contributed by atoms with van der Waals surface area (Å²) in [5.41, 5.74) is 0.885. The van der Waals surface area contributed by atoms with Gasteiger partial charge in [0.15, 0.2) is 0 Å². The third-order valence-electron chi connectivity index (χ3n) is 3.12. The van der Waals surface area contributed by atoms with Gasteiger partial charge in [0.2, 0.25) is 0 Å². The molecule has 3 aromatic rings. The number of H-pyrrole nitrogens is 1. The molecule has 0 aliphatic heterocycles. The van der Waals surface area contributed by atoms with Crippen LogP contribution < -0.4 is 11.2 Å². The average Bonchev–Trinajstić information content (AvgIpc) is 2.88. The van der Waals surface area contributed by atoms with Crippen LogP contribution in [0.2, 0.25) is 0 Å². The summed E-state index contributed by atoms with van der Waals surface area (Å²) in [5, 5.41) is 2.36. The molecule has 6 heteroatoms. The molecule has 0 saturated heterocycles. The minimum Gasteiger partial charge on any atom is -0.298 e. The summed E-state index contributed by atoms with van der Waals surface area (Å²) in [7, 11) is 0. The molecule has 0 atom stereocenters. The number of aromatic amines is 1. The molecular weight excluding hydrogens is 352 g/mol. The van der Waals surface area contributed by atoms with Gasteiger partial charge in [-0.25, -0.2) is 9.36 Å². The van der Waals surface area contributed by atoms with E-state index in [9.17, 15) is 9.59 Å². The van der Waals surface area contributed by atoms with Crippen LogP contribution in [-0.4, -0.2) is 9.55 Å². The highest BCUT2D eigenvalue weighted by Crippen LogP contribution is 2.30. The topological polar surface area (TPSA) is 54.9 Å². The molecule has 0 aliphatic rings. The molecule has 21 heavy (non-hydrogen) atoms. The summed E-state index contributed by atoms with van der Waals surface area (Å²) in [6.07, 6.45) is 5.22. The van der Waals surface area contributed by atoms with Gasteiger partial charge in [-0.15, -0.1) is 17.8 Å². The lowest BCUT2D eigenvalue weighted by molar-refractivity contribution is 0.743. The number of benzene rings is 1. The zero-order valence-electron chi connectivity index (χ0n) is 10.7. The van der Waals surface area contributed by atoms with Crippen molar-refractivity contribution < 1.29 is 0 Å². The largest absolute Gasteiger partial charge is 0.330 e. The lowest BCUT2D eigenvalue weighted by Gasteiger charge is -2.03. The Balaban J connectivity index is 2.34. The molecule has 0 fully saturated rings. The molecule has 104 valence electrons. The molecule has 0 bridgehead atoms. The number of rotatable bonds is 2. The number of halogens is 1. The van der Waals surface area contributed by atoms with Crippen LogP contribution >= 0.6 is 27.3 Å². The summed E-state index contributed by atoms with van der Waals surface area (Å²) >= 11 is 4.72. The van der Waals surface area contributed by atoms with E-state index in [0.29, 0.717) is 10.2 Å². The highest BCUT2D eigenvalue weighted by atomic mass is 79.9. The number of aromatic nitrogens is 2. The number of hydrogen-bond donors (Lipinski definition) is 1. The zero-order valence-corrected chi connectivity index (χ0v) is 13.1. The van der Waals surface area contributed by atoms with Gasteiger partial charge in [-0.2, -0.15) is 0 Å². The second-order valence-corrected chi connectivity index (χ2v) is 6.18. The average molecular weight is 361 g/mol. The first-order valence-corrected chi connectivity index (χ1v) is 7.73. The van der Waals surface area contributed by atoms with Crippen molar-refractivity contribution in [3.05, 3.63) is 55.0 Å². The monoisotopic (exact) mass is 360 g/mol. The number of terminal acetylenes is 1. The molecule has 3 rings (SSSR count). The number of nitrogens with one attached hydrogen (secondary N) is 1. The highest BCUT2D eigenvalue weighted by Gasteiger charge is 2.14. The lowest BCUT2D eigenvalue weighted by Crippen LogP contribution is -2.34. The van der Waals surface area contributed by atoms with Gasteiger partial charge in [0.1, 0.15) is 4.83 Å². The van der Waals surface area contributed by atoms with Crippen molar-refractivity contribution >= 4 is 37.5 Å². The van der Waals surface area contributed by atoms with E-state index in [1.165, 1.54) is 11.3 Å². The Morgan fingerprint density at radius 2 is 2.00 bits per heavy atom. The summed E-state index contributed by atoms with van der Waals surface area (Å²) < 4.78 is 2.00. The van der Waals surface area contributed by atoms with Crippen molar-refractivity contribution in [3.8, 4) is 23.5 Å². The van der Waals surface area contributed by atoms with Gasteiger partial charge < -0.3 is 0 Å². The molecule has 0 radical (unpaired) electrons. The minimum absolute atomic E-state index is 0.0419. The maximum absolute atomic E-state index is 12.5. The van der Waals surface area contributed by atoms with Crippen molar-refractivity contribution in [3.63, 3.8) is 0 Å². The van der Waals surface area contributed by atoms with Gasteiger partial charge in [0.25, 0.3) is 5.56 Å². The number of hydrogen-bond acceptors (Lipinski definition) is 3. The summed E-state index contributed by atoms with van der Waals surface area (Å²) in [6, 6.07) is 7.65. The Hall–Kier alpha value is -2.10. The fourth-order valence-corrected chi connectivity index (χ4v) is 3.35. The van der Waals surface area contributed by atoms with Crippen LogP contribution in [0.1, 0.15) is 0 Å². The first-order valence-electron chi connectivity index (χ1n) is 6.05. The molecular formula is C15H9BrN2O2S. The molecule has 0 amide bonds. The fraction of sp³-hybridized carbons (Fsp3) is 0.0667. The van der Waals surface area contributed by atoms with E-state index in [2.05, 4.69) is 26.8 Å². The van der Waals surface area contributed by atoms with E-state index in [4.69, 9.17) is 6.42 Å². The van der Waals surface area contributed by atoms with E-state index in [-0.39, 0.29) is 12.1 Å². The zero-order chi connectivity index (χ0) is 15.0. The first kappa shape index (κ1) is 13.9. The van der Waals surface area contributed by atoms with E-state index >= 15 is 0 Å². The Bertz CT molecular complexity index is 974. The Kier molecular flexibility index (Phi) is 3.53. The predicted octanol–water partition coefficient (Wildman–Crippen LogP) is 2.81. The minimum atomic E-state index is -0.477. The van der Waals surface area contributed by atoms with Crippen LogP contribution in [0, 0.1) is 12.3 Å². The summed E-state index contributed by atoms with van der Waals surface area (Å²) in [4.78, 5) is 27.6. The van der Waals surface area contributed by atoms with Gasteiger partial charge in [-0.1, -0.05) is 34.0 Å². The van der Waals surface area contributed by atoms with Crippen molar-refractivity contribution in [2.24, 2.45) is 0 Å². The van der Waals surface area contributed by atoms with E-state index in [1.54, 1.807) is 0 Å². The summed E-state index contributed by atoms with van der Waals surface area (Å²) in [5.74, 6) is 2.33. The number of fused-ring (bicyclic) bond motifs is 1. The van der Waals surface area contributed by atoms with Crippen molar-refractivity contribution in [2.45, 2.75) is 6.54 Å². The predicted molar refractivity (Wildman–Crippen MR) is 88.7 cm³/mol. The smallest absolute Gasteiger partial charge is 0.298 e. The maximum atomic E-state index is 12.5. The Morgan fingerprint density at radius 1 is 1.29 bits per heavy atom. The van der Waals surface area contributed by atoms with Crippen molar-refractivity contribution in [1.29, 1.82) is 0 Å². The number of nitrogens with zero attached hydrogens (tertiary/aromatic N) is 1. The van der Waals surface area contributed by atoms with Crippen molar-refractivity contribution in [1.82, 2.24) is 9.55 Å². The highest BCUT2D eigenvalue weighted by molar-refractivity contribution is 9.10. The van der Waals surface area contributed by atoms with Crippen molar-refractivity contribution in [2.75, 3.05) is 0 Å². The molecule has 0 saturated carbocycles. The molecule has 0 spiro atoms. The maximum Gasteiger partial charge on any atom is 0.330 e. The molecule has 4 nitrogen and oxygen atoms in total. The second kappa shape index (κ2) is 5.35.